The largest absolute Gasteiger partial charge is 0.484 e. The number of rotatable bonds is 4. The Kier molecular flexibility index (Phi) is 5.27. The summed E-state index contributed by atoms with van der Waals surface area (Å²) in [7, 11) is 0. The van der Waals surface area contributed by atoms with Crippen LogP contribution in [0.3, 0.4) is 0 Å². The molecule has 2 rings (SSSR count). The van der Waals surface area contributed by atoms with E-state index in [0.29, 0.717) is 17.5 Å². The van der Waals surface area contributed by atoms with Gasteiger partial charge in [0.15, 0.2) is 6.61 Å². The Labute approximate surface area is 120 Å². The molecule has 0 saturated heterocycles. The first-order valence-corrected chi connectivity index (χ1v) is 7.41. The van der Waals surface area contributed by atoms with Crippen LogP contribution in [0.2, 0.25) is 0 Å². The van der Waals surface area contributed by atoms with Crippen LogP contribution in [-0.2, 0) is 4.79 Å². The summed E-state index contributed by atoms with van der Waals surface area (Å²) in [6.07, 6.45) is 5.83. The van der Waals surface area contributed by atoms with E-state index >= 15 is 0 Å². The van der Waals surface area contributed by atoms with Gasteiger partial charge in [0.1, 0.15) is 5.75 Å². The summed E-state index contributed by atoms with van der Waals surface area (Å²) >= 11 is 0. The van der Waals surface area contributed by atoms with E-state index in [2.05, 4.69) is 12.2 Å². The second-order valence-electron chi connectivity index (χ2n) is 5.74. The fourth-order valence-corrected chi connectivity index (χ4v) is 2.61. The van der Waals surface area contributed by atoms with Gasteiger partial charge in [-0.2, -0.15) is 0 Å². The van der Waals surface area contributed by atoms with Gasteiger partial charge in [-0.15, -0.1) is 0 Å². The summed E-state index contributed by atoms with van der Waals surface area (Å²) in [6.45, 7) is 2.35. The van der Waals surface area contributed by atoms with Crippen LogP contribution in [0.15, 0.2) is 24.3 Å². The van der Waals surface area contributed by atoms with E-state index in [1.165, 1.54) is 19.3 Å². The molecule has 0 radical (unpaired) electrons. The molecule has 1 aromatic rings. The van der Waals surface area contributed by atoms with E-state index < -0.39 is 0 Å². The van der Waals surface area contributed by atoms with Gasteiger partial charge in [0, 0.05) is 11.7 Å². The van der Waals surface area contributed by atoms with Crippen molar-refractivity contribution < 1.29 is 9.53 Å². The summed E-state index contributed by atoms with van der Waals surface area (Å²) in [6, 6.07) is 7.38. The molecule has 20 heavy (non-hydrogen) atoms. The predicted molar refractivity (Wildman–Crippen MR) is 80.5 cm³/mol. The normalized spacial score (nSPS) is 22.9. The molecule has 1 aliphatic carbocycles. The number of nitrogen functional groups attached to an aromatic ring is 1. The Bertz CT molecular complexity index is 431. The summed E-state index contributed by atoms with van der Waals surface area (Å²) in [5.74, 6) is 1.41. The molecule has 0 aromatic heterocycles. The van der Waals surface area contributed by atoms with Crippen molar-refractivity contribution in [2.24, 2.45) is 5.92 Å². The number of anilines is 1. The number of amides is 1. The summed E-state index contributed by atoms with van der Waals surface area (Å²) in [5, 5.41) is 3.07. The van der Waals surface area contributed by atoms with Gasteiger partial charge in [-0.25, -0.2) is 0 Å². The topological polar surface area (TPSA) is 64.3 Å². The van der Waals surface area contributed by atoms with Crippen molar-refractivity contribution in [3.8, 4) is 5.75 Å². The molecule has 1 aliphatic rings. The zero-order chi connectivity index (χ0) is 14.4. The van der Waals surface area contributed by atoms with Crippen LogP contribution in [0, 0.1) is 5.92 Å². The van der Waals surface area contributed by atoms with Crippen LogP contribution in [0.4, 0.5) is 5.69 Å². The number of ether oxygens (including phenoxy) is 1. The van der Waals surface area contributed by atoms with Gasteiger partial charge in [-0.05, 0) is 49.4 Å². The van der Waals surface area contributed by atoms with E-state index in [-0.39, 0.29) is 12.5 Å². The van der Waals surface area contributed by atoms with Crippen LogP contribution in [0.5, 0.6) is 5.75 Å². The first-order valence-electron chi connectivity index (χ1n) is 7.41. The average Bonchev–Trinajstić information content (AvgIpc) is 2.63. The van der Waals surface area contributed by atoms with Crippen LogP contribution in [0.25, 0.3) is 0 Å². The Morgan fingerprint density at radius 3 is 2.75 bits per heavy atom. The van der Waals surface area contributed by atoms with E-state index in [9.17, 15) is 4.79 Å². The van der Waals surface area contributed by atoms with Crippen molar-refractivity contribution in [1.29, 1.82) is 0 Å². The molecule has 0 spiro atoms. The predicted octanol–water partition coefficient (Wildman–Crippen LogP) is 2.73. The van der Waals surface area contributed by atoms with Gasteiger partial charge >= 0.3 is 0 Å². The lowest BCUT2D eigenvalue weighted by Gasteiger charge is -2.16. The summed E-state index contributed by atoms with van der Waals surface area (Å²) in [4.78, 5) is 11.9. The van der Waals surface area contributed by atoms with E-state index in [1.54, 1.807) is 24.3 Å². The molecule has 0 aliphatic heterocycles. The fourth-order valence-electron chi connectivity index (χ4n) is 2.61. The van der Waals surface area contributed by atoms with Crippen molar-refractivity contribution >= 4 is 11.6 Å². The first-order chi connectivity index (χ1) is 9.63. The van der Waals surface area contributed by atoms with Crippen molar-refractivity contribution in [2.45, 2.75) is 45.1 Å². The first kappa shape index (κ1) is 14.7. The average molecular weight is 276 g/mol. The number of nitrogens with one attached hydrogen (secondary N) is 1. The molecule has 2 atom stereocenters. The molecule has 4 nitrogen and oxygen atoms in total. The highest BCUT2D eigenvalue weighted by Crippen LogP contribution is 2.22. The van der Waals surface area contributed by atoms with Gasteiger partial charge < -0.3 is 15.8 Å². The lowest BCUT2D eigenvalue weighted by Crippen LogP contribution is -2.37. The minimum Gasteiger partial charge on any atom is -0.484 e. The molecular weight excluding hydrogens is 252 g/mol. The molecule has 1 saturated carbocycles. The van der Waals surface area contributed by atoms with Crippen LogP contribution < -0.4 is 15.8 Å². The second kappa shape index (κ2) is 7.17. The van der Waals surface area contributed by atoms with Crippen molar-refractivity contribution in [3.05, 3.63) is 24.3 Å². The van der Waals surface area contributed by atoms with Gasteiger partial charge in [0.25, 0.3) is 5.91 Å². The number of carbonyl (C=O) groups is 1. The van der Waals surface area contributed by atoms with Gasteiger partial charge in [-0.1, -0.05) is 19.8 Å². The van der Waals surface area contributed by atoms with E-state index in [1.807, 2.05) is 0 Å². The number of hydrogen-bond acceptors (Lipinski definition) is 3. The molecule has 3 N–H and O–H groups in total. The molecule has 1 amide bonds. The highest BCUT2D eigenvalue weighted by Gasteiger charge is 2.17. The zero-order valence-corrected chi connectivity index (χ0v) is 12.1. The Morgan fingerprint density at radius 1 is 1.25 bits per heavy atom. The Balaban J connectivity index is 1.73. The smallest absolute Gasteiger partial charge is 0.258 e. The highest BCUT2D eigenvalue weighted by atomic mass is 16.5. The third-order valence-electron chi connectivity index (χ3n) is 3.87. The van der Waals surface area contributed by atoms with Crippen molar-refractivity contribution in [1.82, 2.24) is 5.32 Å². The number of nitrogens with two attached hydrogens (primary N) is 1. The minimum absolute atomic E-state index is 0.0404. The third-order valence-corrected chi connectivity index (χ3v) is 3.87. The standard InChI is InChI=1S/C16H24N2O2/c1-12-3-2-4-14(8-5-12)18-16(19)11-20-15-9-6-13(17)7-10-15/h6-7,9-10,12,14H,2-5,8,11,17H2,1H3,(H,18,19). The lowest BCUT2D eigenvalue weighted by atomic mass is 10.0. The van der Waals surface area contributed by atoms with Crippen LogP contribution in [0.1, 0.15) is 39.0 Å². The number of benzene rings is 1. The van der Waals surface area contributed by atoms with Crippen LogP contribution in [-0.4, -0.2) is 18.6 Å². The number of carbonyl (C=O) groups excluding carboxylic acids is 1. The van der Waals surface area contributed by atoms with E-state index in [4.69, 9.17) is 10.5 Å². The Hall–Kier alpha value is -1.71. The summed E-state index contributed by atoms with van der Waals surface area (Å²) in [5.41, 5.74) is 6.29. The van der Waals surface area contributed by atoms with Crippen molar-refractivity contribution in [3.63, 3.8) is 0 Å². The molecular formula is C16H24N2O2. The quantitative estimate of drug-likeness (QED) is 0.656. The molecule has 2 unspecified atom stereocenters. The van der Waals surface area contributed by atoms with Gasteiger partial charge in [0.05, 0.1) is 0 Å². The fraction of sp³-hybridized carbons (Fsp3) is 0.562. The molecule has 1 fully saturated rings. The third kappa shape index (κ3) is 4.76. The van der Waals surface area contributed by atoms with Gasteiger partial charge in [0.2, 0.25) is 0 Å². The lowest BCUT2D eigenvalue weighted by molar-refractivity contribution is -0.123. The molecule has 1 aromatic carbocycles. The maximum Gasteiger partial charge on any atom is 0.258 e. The minimum atomic E-state index is -0.0404. The van der Waals surface area contributed by atoms with Crippen molar-refractivity contribution in [2.75, 3.05) is 12.3 Å². The maximum absolute atomic E-state index is 11.9. The molecule has 110 valence electrons. The zero-order valence-electron chi connectivity index (χ0n) is 12.1. The molecule has 0 heterocycles. The molecule has 0 bridgehead atoms. The maximum atomic E-state index is 11.9. The van der Waals surface area contributed by atoms with E-state index in [0.717, 1.165) is 18.8 Å². The highest BCUT2D eigenvalue weighted by molar-refractivity contribution is 5.77. The van der Waals surface area contributed by atoms with Gasteiger partial charge in [-0.3, -0.25) is 4.79 Å². The second-order valence-corrected chi connectivity index (χ2v) is 5.74. The van der Waals surface area contributed by atoms with Crippen LogP contribution >= 0.6 is 0 Å². The molecule has 4 heteroatoms. The Morgan fingerprint density at radius 2 is 2.00 bits per heavy atom. The SMILES string of the molecule is CC1CCCC(NC(=O)COc2ccc(N)cc2)CC1. The number of hydrogen-bond donors (Lipinski definition) is 2. The monoisotopic (exact) mass is 276 g/mol. The summed E-state index contributed by atoms with van der Waals surface area (Å²) < 4.78 is 5.45.